The van der Waals surface area contributed by atoms with Gasteiger partial charge in [-0.25, -0.2) is 45.6 Å². The number of hydrogen-bond acceptors (Lipinski definition) is 14. The van der Waals surface area contributed by atoms with E-state index in [0.29, 0.717) is 30.2 Å². The maximum atomic E-state index is 14.6. The third-order valence-corrected chi connectivity index (χ3v) is 11.9. The van der Waals surface area contributed by atoms with E-state index in [1.54, 1.807) is 6.07 Å². The molecule has 0 atom stereocenters. The molecule has 4 heterocycles. The lowest BCUT2D eigenvalue weighted by atomic mass is 10.1. The lowest BCUT2D eigenvalue weighted by Gasteiger charge is -2.11. The van der Waals surface area contributed by atoms with Crippen LogP contribution in [-0.2, 0) is 19.7 Å². The summed E-state index contributed by atoms with van der Waals surface area (Å²) in [5.74, 6) is -4.79. The number of carbonyl (C=O) groups excluding carboxylic acids is 2. The Morgan fingerprint density at radius 1 is 0.609 bits per heavy atom. The summed E-state index contributed by atoms with van der Waals surface area (Å²) in [5.41, 5.74) is 11.4. The molecule has 0 fully saturated rings. The number of Topliss-reactive ketones (excluding diaryl/α,β-unsaturated/α-hetero) is 2. The largest absolute Gasteiger partial charge is 0.493 e. The molecule has 0 spiro atoms. The van der Waals surface area contributed by atoms with Crippen molar-refractivity contribution in [2.75, 3.05) is 36.2 Å². The van der Waals surface area contributed by atoms with E-state index in [9.17, 15) is 39.6 Å². The molecule has 6 rings (SSSR count). The van der Waals surface area contributed by atoms with E-state index in [0.717, 1.165) is 12.1 Å². The maximum Gasteiger partial charge on any atom is 0.224 e. The quantitative estimate of drug-likeness (QED) is 0.0683. The molecule has 0 aliphatic carbocycles. The average molecular weight is 947 g/mol. The first-order valence-electron chi connectivity index (χ1n) is 19.3. The topological polar surface area (TPSA) is 224 Å². The Morgan fingerprint density at radius 2 is 1.03 bits per heavy atom. The number of nitrogens with two attached hydrogens (primary N) is 2. The molecule has 0 unspecified atom stereocenters. The van der Waals surface area contributed by atoms with Gasteiger partial charge >= 0.3 is 0 Å². The Hall–Kier alpha value is -6.44. The zero-order valence-corrected chi connectivity index (χ0v) is 37.1. The molecule has 0 bridgehead atoms. The number of pyridine rings is 4. The van der Waals surface area contributed by atoms with Gasteiger partial charge in [0.1, 0.15) is 51.4 Å². The number of nitrogen functional groups attached to an aromatic ring is 2. The van der Waals surface area contributed by atoms with Gasteiger partial charge < -0.3 is 20.9 Å². The van der Waals surface area contributed by atoms with Crippen LogP contribution in [0.15, 0.2) is 107 Å². The highest BCUT2D eigenvalue weighted by atomic mass is 35.5. The number of nitrogens with zero attached hydrogens (tertiary/aromatic N) is 4. The van der Waals surface area contributed by atoms with Crippen molar-refractivity contribution in [2.24, 2.45) is 11.8 Å². The number of aromatic nitrogens is 4. The van der Waals surface area contributed by atoms with Gasteiger partial charge in [0.05, 0.1) is 35.7 Å². The molecule has 20 heteroatoms. The van der Waals surface area contributed by atoms with Crippen LogP contribution in [0.4, 0.5) is 24.8 Å². The van der Waals surface area contributed by atoms with Crippen molar-refractivity contribution in [3.05, 3.63) is 131 Å². The van der Waals surface area contributed by atoms with E-state index < -0.39 is 65.9 Å². The van der Waals surface area contributed by atoms with Crippen LogP contribution in [0.25, 0.3) is 22.5 Å². The monoisotopic (exact) mass is 946 g/mol. The summed E-state index contributed by atoms with van der Waals surface area (Å²) in [6.45, 7) is 8.61. The number of halogens is 4. The Labute approximate surface area is 378 Å². The predicted octanol–water partition coefficient (Wildman–Crippen LogP) is 8.89. The second kappa shape index (κ2) is 20.8. The van der Waals surface area contributed by atoms with Gasteiger partial charge in [0.2, 0.25) is 25.6 Å². The zero-order valence-electron chi connectivity index (χ0n) is 34.8. The summed E-state index contributed by atoms with van der Waals surface area (Å²) >= 11 is 6.17. The van der Waals surface area contributed by atoms with E-state index in [1.165, 1.54) is 78.9 Å². The van der Waals surface area contributed by atoms with E-state index in [2.05, 4.69) is 19.9 Å². The number of benzene rings is 2. The molecule has 0 radical (unpaired) electrons. The Kier molecular flexibility index (Phi) is 15.8. The fourth-order valence-electron chi connectivity index (χ4n) is 5.58. The van der Waals surface area contributed by atoms with Crippen LogP contribution in [0.1, 0.15) is 54.1 Å². The number of rotatable bonds is 16. The molecular weight excluding hydrogens is 897 g/mol. The van der Waals surface area contributed by atoms with E-state index in [-0.39, 0.29) is 67.0 Å². The molecule has 0 aliphatic heterocycles. The SMILES string of the molecule is CC(C)COc1cc(F)cc(-c2ccc(C(=O)CS(=O)(=O)c3cccc(N)n3)c(Cl)n2)c1.CC(C)COc1cc(F)cc(-c2ccc(C(=O)CS(=O)(=O)c3cccc(N)n3)c(F)n2)c1.[HH].[HH].[HH].[HH]. The van der Waals surface area contributed by atoms with Crippen LogP contribution in [-0.4, -0.2) is 73.1 Å². The minimum Gasteiger partial charge on any atom is -0.493 e. The molecule has 4 aromatic heterocycles. The van der Waals surface area contributed by atoms with Gasteiger partial charge in [0.25, 0.3) is 0 Å². The Morgan fingerprint density at radius 3 is 1.44 bits per heavy atom. The Bertz CT molecular complexity index is 2750. The van der Waals surface area contributed by atoms with E-state index in [4.69, 9.17) is 32.5 Å². The molecule has 0 aliphatic rings. The molecule has 6 aromatic rings. The molecule has 14 nitrogen and oxygen atoms in total. The van der Waals surface area contributed by atoms with Crippen molar-refractivity contribution < 1.29 is 54.8 Å². The zero-order chi connectivity index (χ0) is 46.9. The highest BCUT2D eigenvalue weighted by molar-refractivity contribution is 7.92. The van der Waals surface area contributed by atoms with Crippen LogP contribution in [0.5, 0.6) is 11.5 Å². The molecule has 4 N–H and O–H groups in total. The number of ether oxygens (including phenoxy) is 2. The Balaban J connectivity index is 0.000000642. The van der Waals surface area contributed by atoms with Crippen LogP contribution < -0.4 is 20.9 Å². The lowest BCUT2D eigenvalue weighted by Crippen LogP contribution is -2.19. The first-order chi connectivity index (χ1) is 30.1. The summed E-state index contributed by atoms with van der Waals surface area (Å²) in [4.78, 5) is 40.4. The maximum absolute atomic E-state index is 14.6. The van der Waals surface area contributed by atoms with Crippen molar-refractivity contribution in [2.45, 2.75) is 37.7 Å². The lowest BCUT2D eigenvalue weighted by molar-refractivity contribution is 0.100. The average Bonchev–Trinajstić information content (AvgIpc) is 3.21. The first kappa shape index (κ1) is 48.6. The van der Waals surface area contributed by atoms with E-state index in [1.807, 2.05) is 27.7 Å². The van der Waals surface area contributed by atoms with Crippen LogP contribution in [0.2, 0.25) is 5.15 Å². The van der Waals surface area contributed by atoms with E-state index >= 15 is 0 Å². The van der Waals surface area contributed by atoms with Gasteiger partial charge in [0.15, 0.2) is 21.6 Å². The first-order valence-corrected chi connectivity index (χ1v) is 23.0. The summed E-state index contributed by atoms with van der Waals surface area (Å²) in [7, 11) is -8.16. The van der Waals surface area contributed by atoms with Crippen molar-refractivity contribution in [3.8, 4) is 34.0 Å². The smallest absolute Gasteiger partial charge is 0.224 e. The third kappa shape index (κ3) is 13.3. The third-order valence-electron chi connectivity index (χ3n) is 8.57. The minimum absolute atomic E-state index is 0. The van der Waals surface area contributed by atoms with Gasteiger partial charge in [-0.15, -0.1) is 0 Å². The van der Waals surface area contributed by atoms with Gasteiger partial charge in [-0.1, -0.05) is 51.4 Å². The number of sulfone groups is 2. The van der Waals surface area contributed by atoms with Crippen molar-refractivity contribution >= 4 is 54.5 Å². The van der Waals surface area contributed by atoms with Crippen molar-refractivity contribution in [3.63, 3.8) is 0 Å². The highest BCUT2D eigenvalue weighted by Gasteiger charge is 2.26. The summed E-state index contributed by atoms with van der Waals surface area (Å²) in [6.07, 6.45) is 0. The summed E-state index contributed by atoms with van der Waals surface area (Å²) < 4.78 is 104. The molecule has 344 valence electrons. The van der Waals surface area contributed by atoms with Gasteiger partial charge in [0, 0.05) is 29.0 Å². The van der Waals surface area contributed by atoms with Crippen molar-refractivity contribution in [1.29, 1.82) is 0 Å². The molecule has 0 amide bonds. The molecule has 0 saturated heterocycles. The molecule has 2 aromatic carbocycles. The van der Waals surface area contributed by atoms with Gasteiger partial charge in [-0.05, 0) is 84.6 Å². The predicted molar refractivity (Wildman–Crippen MR) is 243 cm³/mol. The number of carbonyl (C=O) groups is 2. The minimum atomic E-state index is -4.14. The van der Waals surface area contributed by atoms with Crippen LogP contribution in [0, 0.1) is 29.4 Å². The molecular formula is C44H50ClF3N6O8S2. The summed E-state index contributed by atoms with van der Waals surface area (Å²) in [6, 6.07) is 21.3. The van der Waals surface area contributed by atoms with Gasteiger partial charge in [-0.2, -0.15) is 4.39 Å². The number of anilines is 2. The molecule has 0 saturated carbocycles. The van der Waals surface area contributed by atoms with Crippen LogP contribution >= 0.6 is 11.6 Å². The van der Waals surface area contributed by atoms with Crippen molar-refractivity contribution in [1.82, 2.24) is 19.9 Å². The second-order valence-electron chi connectivity index (χ2n) is 15.0. The second-order valence-corrected chi connectivity index (χ2v) is 19.2. The summed E-state index contributed by atoms with van der Waals surface area (Å²) in [5, 5.41) is -0.887. The fourth-order valence-corrected chi connectivity index (χ4v) is 8.19. The van der Waals surface area contributed by atoms with Crippen LogP contribution in [0.3, 0.4) is 0 Å². The van der Waals surface area contributed by atoms with Gasteiger partial charge in [-0.3, -0.25) is 9.59 Å². The standard InChI is InChI=1S/C22H21ClFN3O4S.C22H21F2N3O4S.4H2/c1-13(2)11-31-16-9-14(8-15(24)10-16)18-7-6-17(22(23)26-18)19(28)12-32(29,30)21-5-3-4-20(25)27-21;1-13(2)11-31-16-9-14(8-15(23)10-16)18-7-6-17(22(24)26-18)19(28)12-32(29,30)21-5-3-4-20(25)27-21;;;;/h2*3-10,13H,11-12H2,1-2H3,(H2,25,27);4*1H. The number of ketones is 2. The molecule has 64 heavy (non-hydrogen) atoms. The highest BCUT2D eigenvalue weighted by Crippen LogP contribution is 2.29. The normalized spacial score (nSPS) is 11.5. The number of hydrogen-bond donors (Lipinski definition) is 2. The fraction of sp³-hybridized carbons (Fsp3) is 0.227.